The first-order chi connectivity index (χ1) is 9.35. The van der Waals surface area contributed by atoms with Gasteiger partial charge in [-0.25, -0.2) is 0 Å². The number of hydrogen-bond donors (Lipinski definition) is 1. The number of rotatable bonds is 3. The van der Waals surface area contributed by atoms with Crippen LogP contribution in [0.3, 0.4) is 0 Å². The first-order valence-corrected chi connectivity index (χ1v) is 6.78. The second-order valence-corrected chi connectivity index (χ2v) is 5.11. The lowest BCUT2D eigenvalue weighted by molar-refractivity contribution is 0.411. The van der Waals surface area contributed by atoms with Gasteiger partial charge in [-0.3, -0.25) is 0 Å². The highest BCUT2D eigenvalue weighted by Gasteiger charge is 2.18. The van der Waals surface area contributed by atoms with Gasteiger partial charge in [0.2, 0.25) is 0 Å². The SMILES string of the molecule is COc1ccc2c(c1)CC(Cc1ccccc1)NC2. The minimum atomic E-state index is 0.516. The van der Waals surface area contributed by atoms with Crippen molar-refractivity contribution in [1.82, 2.24) is 5.32 Å². The van der Waals surface area contributed by atoms with Crippen LogP contribution >= 0.6 is 0 Å². The van der Waals surface area contributed by atoms with Gasteiger partial charge in [-0.05, 0) is 41.7 Å². The van der Waals surface area contributed by atoms with Crippen molar-refractivity contribution in [2.75, 3.05) is 7.11 Å². The smallest absolute Gasteiger partial charge is 0.119 e. The van der Waals surface area contributed by atoms with Crippen LogP contribution in [-0.2, 0) is 19.4 Å². The molecule has 2 nitrogen and oxygen atoms in total. The van der Waals surface area contributed by atoms with Crippen LogP contribution in [0.4, 0.5) is 0 Å². The molecule has 98 valence electrons. The molecule has 0 saturated heterocycles. The molecule has 0 spiro atoms. The van der Waals surface area contributed by atoms with Crippen molar-refractivity contribution in [2.24, 2.45) is 0 Å². The van der Waals surface area contributed by atoms with E-state index < -0.39 is 0 Å². The van der Waals surface area contributed by atoms with E-state index in [2.05, 4.69) is 47.8 Å². The summed E-state index contributed by atoms with van der Waals surface area (Å²) in [5.41, 5.74) is 4.20. The van der Waals surface area contributed by atoms with E-state index in [0.29, 0.717) is 6.04 Å². The second kappa shape index (κ2) is 5.45. The number of methoxy groups -OCH3 is 1. The van der Waals surface area contributed by atoms with Crippen LogP contribution in [0, 0.1) is 0 Å². The average Bonchev–Trinajstić information content (AvgIpc) is 2.47. The molecule has 19 heavy (non-hydrogen) atoms. The molecule has 0 saturated carbocycles. The van der Waals surface area contributed by atoms with Crippen molar-refractivity contribution >= 4 is 0 Å². The van der Waals surface area contributed by atoms with Gasteiger partial charge in [0.1, 0.15) is 5.75 Å². The average molecular weight is 253 g/mol. The monoisotopic (exact) mass is 253 g/mol. The minimum Gasteiger partial charge on any atom is -0.497 e. The number of ether oxygens (including phenoxy) is 1. The lowest BCUT2D eigenvalue weighted by Gasteiger charge is -2.26. The standard InChI is InChI=1S/C17H19NO/c1-19-17-8-7-14-12-18-16(10-15(14)11-17)9-13-5-3-2-4-6-13/h2-8,11,16,18H,9-10,12H2,1H3. The van der Waals surface area contributed by atoms with Crippen molar-refractivity contribution in [3.05, 3.63) is 65.2 Å². The van der Waals surface area contributed by atoms with Crippen LogP contribution in [0.15, 0.2) is 48.5 Å². The van der Waals surface area contributed by atoms with Gasteiger partial charge >= 0.3 is 0 Å². The minimum absolute atomic E-state index is 0.516. The molecule has 1 unspecified atom stereocenters. The summed E-state index contributed by atoms with van der Waals surface area (Å²) in [6, 6.07) is 17.6. The van der Waals surface area contributed by atoms with E-state index in [9.17, 15) is 0 Å². The summed E-state index contributed by atoms with van der Waals surface area (Å²) in [6.07, 6.45) is 2.15. The molecule has 0 radical (unpaired) electrons. The first kappa shape index (κ1) is 12.2. The number of fused-ring (bicyclic) bond motifs is 1. The molecule has 0 bridgehead atoms. The number of nitrogens with one attached hydrogen (secondary N) is 1. The predicted octanol–water partition coefficient (Wildman–Crippen LogP) is 2.95. The Labute approximate surface area is 114 Å². The highest BCUT2D eigenvalue weighted by Crippen LogP contribution is 2.23. The highest BCUT2D eigenvalue weighted by molar-refractivity contribution is 5.38. The predicted molar refractivity (Wildman–Crippen MR) is 77.5 cm³/mol. The lowest BCUT2D eigenvalue weighted by atomic mass is 9.92. The number of benzene rings is 2. The van der Waals surface area contributed by atoms with Crippen molar-refractivity contribution < 1.29 is 4.74 Å². The molecule has 2 aromatic rings. The Bertz CT molecular complexity index is 550. The highest BCUT2D eigenvalue weighted by atomic mass is 16.5. The molecule has 1 aliphatic heterocycles. The summed E-state index contributed by atoms with van der Waals surface area (Å²) in [4.78, 5) is 0. The molecule has 0 fully saturated rings. The fourth-order valence-corrected chi connectivity index (χ4v) is 2.73. The van der Waals surface area contributed by atoms with E-state index in [1.54, 1.807) is 7.11 Å². The lowest BCUT2D eigenvalue weighted by Crippen LogP contribution is -2.37. The second-order valence-electron chi connectivity index (χ2n) is 5.11. The van der Waals surface area contributed by atoms with Crippen LogP contribution in [0.5, 0.6) is 5.75 Å². The van der Waals surface area contributed by atoms with E-state index in [4.69, 9.17) is 4.74 Å². The Morgan fingerprint density at radius 2 is 1.95 bits per heavy atom. The van der Waals surface area contributed by atoms with Crippen LogP contribution in [0.2, 0.25) is 0 Å². The van der Waals surface area contributed by atoms with E-state index in [1.807, 2.05) is 6.07 Å². The fourth-order valence-electron chi connectivity index (χ4n) is 2.73. The van der Waals surface area contributed by atoms with Crippen molar-refractivity contribution in [3.8, 4) is 5.75 Å². The van der Waals surface area contributed by atoms with E-state index >= 15 is 0 Å². The third-order valence-corrected chi connectivity index (χ3v) is 3.79. The zero-order valence-corrected chi connectivity index (χ0v) is 11.2. The molecule has 2 aromatic carbocycles. The van der Waals surface area contributed by atoms with Gasteiger partial charge in [0.15, 0.2) is 0 Å². The third kappa shape index (κ3) is 2.79. The maximum absolute atomic E-state index is 5.31. The van der Waals surface area contributed by atoms with Gasteiger partial charge in [-0.15, -0.1) is 0 Å². The molecule has 0 aliphatic carbocycles. The topological polar surface area (TPSA) is 21.3 Å². The maximum atomic E-state index is 5.31. The summed E-state index contributed by atoms with van der Waals surface area (Å²) >= 11 is 0. The van der Waals surface area contributed by atoms with Crippen LogP contribution in [0.25, 0.3) is 0 Å². The quantitative estimate of drug-likeness (QED) is 0.908. The Kier molecular flexibility index (Phi) is 3.51. The molecule has 1 aliphatic rings. The van der Waals surface area contributed by atoms with E-state index in [-0.39, 0.29) is 0 Å². The molecule has 0 aromatic heterocycles. The van der Waals surface area contributed by atoms with Gasteiger partial charge in [0, 0.05) is 12.6 Å². The number of hydrogen-bond acceptors (Lipinski definition) is 2. The van der Waals surface area contributed by atoms with Crippen LogP contribution < -0.4 is 10.1 Å². The molecule has 2 heteroatoms. The summed E-state index contributed by atoms with van der Waals surface area (Å²) in [5, 5.41) is 3.62. The Morgan fingerprint density at radius 1 is 1.11 bits per heavy atom. The van der Waals surface area contributed by atoms with Crippen molar-refractivity contribution in [2.45, 2.75) is 25.4 Å². The molecule has 0 amide bonds. The Hall–Kier alpha value is -1.80. The molecule has 3 rings (SSSR count). The Morgan fingerprint density at radius 3 is 2.74 bits per heavy atom. The van der Waals surface area contributed by atoms with E-state index in [1.165, 1.54) is 16.7 Å². The Balaban J connectivity index is 1.74. The van der Waals surface area contributed by atoms with Gasteiger partial charge in [-0.2, -0.15) is 0 Å². The summed E-state index contributed by atoms with van der Waals surface area (Å²) in [6.45, 7) is 0.955. The fraction of sp³-hybridized carbons (Fsp3) is 0.294. The normalized spacial score (nSPS) is 17.8. The third-order valence-electron chi connectivity index (χ3n) is 3.79. The van der Waals surface area contributed by atoms with Gasteiger partial charge in [0.05, 0.1) is 7.11 Å². The zero-order valence-electron chi connectivity index (χ0n) is 11.2. The molecule has 1 atom stereocenters. The summed E-state index contributed by atoms with van der Waals surface area (Å²) in [7, 11) is 1.73. The van der Waals surface area contributed by atoms with Gasteiger partial charge in [0.25, 0.3) is 0 Å². The maximum Gasteiger partial charge on any atom is 0.119 e. The van der Waals surface area contributed by atoms with Crippen LogP contribution in [0.1, 0.15) is 16.7 Å². The largest absolute Gasteiger partial charge is 0.497 e. The van der Waals surface area contributed by atoms with Crippen molar-refractivity contribution in [1.29, 1.82) is 0 Å². The molecular weight excluding hydrogens is 234 g/mol. The van der Waals surface area contributed by atoms with E-state index in [0.717, 1.165) is 25.1 Å². The van der Waals surface area contributed by atoms with Gasteiger partial charge < -0.3 is 10.1 Å². The molecule has 1 N–H and O–H groups in total. The van der Waals surface area contributed by atoms with Crippen molar-refractivity contribution in [3.63, 3.8) is 0 Å². The molecular formula is C17H19NO. The van der Waals surface area contributed by atoms with Gasteiger partial charge in [-0.1, -0.05) is 36.4 Å². The summed E-state index contributed by atoms with van der Waals surface area (Å²) < 4.78 is 5.31. The first-order valence-electron chi connectivity index (χ1n) is 6.78. The summed E-state index contributed by atoms with van der Waals surface area (Å²) in [5.74, 6) is 0.958. The molecule has 1 heterocycles. The zero-order chi connectivity index (χ0) is 13.1. The van der Waals surface area contributed by atoms with Crippen LogP contribution in [-0.4, -0.2) is 13.2 Å².